The Labute approximate surface area is 145 Å². The van der Waals surface area contributed by atoms with Crippen molar-refractivity contribution in [3.8, 4) is 0 Å². The molecule has 1 saturated heterocycles. The molecule has 1 amide bonds. The molecule has 0 bridgehead atoms. The fraction of sp³-hybridized carbons (Fsp3) is 0.375. The van der Waals surface area contributed by atoms with Gasteiger partial charge >= 0.3 is 0 Å². The molecule has 0 radical (unpaired) electrons. The Morgan fingerprint density at radius 2 is 2.25 bits per heavy atom. The van der Waals surface area contributed by atoms with E-state index in [9.17, 15) is 13.2 Å². The third kappa shape index (κ3) is 3.50. The highest BCUT2D eigenvalue weighted by molar-refractivity contribution is 7.89. The molecule has 0 aliphatic carbocycles. The average Bonchev–Trinajstić information content (AvgIpc) is 2.92. The van der Waals surface area contributed by atoms with Crippen LogP contribution in [0.15, 0.2) is 41.3 Å². The summed E-state index contributed by atoms with van der Waals surface area (Å²) in [6, 6.07) is 4.80. The summed E-state index contributed by atoms with van der Waals surface area (Å²) in [7, 11) is -3.60. The Hall–Kier alpha value is -1.77. The number of hydrogen-bond acceptors (Lipinski definition) is 5. The summed E-state index contributed by atoms with van der Waals surface area (Å²) in [4.78, 5) is 16.0. The molecular formula is C16H19N3O3S2. The number of sulfonamides is 1. The number of carbonyl (C=O) groups excluding carboxylic acids is 1. The summed E-state index contributed by atoms with van der Waals surface area (Å²) >= 11 is 1.42. The quantitative estimate of drug-likeness (QED) is 0.842. The normalized spacial score (nSPS) is 19.8. The number of thiazole rings is 1. The van der Waals surface area contributed by atoms with Crippen LogP contribution in [0, 0.1) is 0 Å². The Bertz CT molecular complexity index is 860. The fourth-order valence-corrected chi connectivity index (χ4v) is 5.19. The number of carbonyl (C=O) groups is 1. The molecule has 1 aliphatic heterocycles. The zero-order valence-electron chi connectivity index (χ0n) is 13.1. The van der Waals surface area contributed by atoms with Crippen molar-refractivity contribution in [3.63, 3.8) is 0 Å². The van der Waals surface area contributed by atoms with Crippen LogP contribution in [0.3, 0.4) is 0 Å². The molecule has 128 valence electrons. The number of fused-ring (bicyclic) bond motifs is 1. The molecule has 8 heteroatoms. The molecule has 6 nitrogen and oxygen atoms in total. The number of aromatic nitrogens is 1. The van der Waals surface area contributed by atoms with Crippen LogP contribution in [0.5, 0.6) is 0 Å². The first-order chi connectivity index (χ1) is 11.5. The van der Waals surface area contributed by atoms with E-state index in [4.69, 9.17) is 0 Å². The minimum Gasteiger partial charge on any atom is -0.349 e. The SMILES string of the molecule is C=CC(=O)NC1CCCCN(S(=O)(=O)c2ccc3ncsc3c2)C1. The number of rotatable bonds is 4. The smallest absolute Gasteiger partial charge is 0.243 e. The standard InChI is InChI=1S/C16H19N3O3S2/c1-2-16(20)18-12-5-3-4-8-19(10-12)24(21,22)13-6-7-14-15(9-13)23-11-17-14/h2,6-7,9,11-12H,1,3-5,8,10H2,(H,18,20). The highest BCUT2D eigenvalue weighted by atomic mass is 32.2. The third-order valence-corrected chi connectivity index (χ3v) is 6.76. The minimum absolute atomic E-state index is 0.195. The van der Waals surface area contributed by atoms with Crippen molar-refractivity contribution in [1.82, 2.24) is 14.6 Å². The Kier molecular flexibility index (Phi) is 4.98. The second-order valence-corrected chi connectivity index (χ2v) is 8.57. The van der Waals surface area contributed by atoms with Gasteiger partial charge in [0.05, 0.1) is 20.6 Å². The van der Waals surface area contributed by atoms with Crippen LogP contribution in [-0.2, 0) is 14.8 Å². The summed E-state index contributed by atoms with van der Waals surface area (Å²) in [5, 5.41) is 2.82. The van der Waals surface area contributed by atoms with Crippen LogP contribution in [0.4, 0.5) is 0 Å². The first-order valence-electron chi connectivity index (χ1n) is 7.77. The first kappa shape index (κ1) is 17.1. The third-order valence-electron chi connectivity index (χ3n) is 4.11. The zero-order valence-corrected chi connectivity index (χ0v) is 14.8. The Morgan fingerprint density at radius 1 is 1.42 bits per heavy atom. The maximum atomic E-state index is 13.0. The number of amides is 1. The summed E-state index contributed by atoms with van der Waals surface area (Å²) in [5.74, 6) is -0.273. The van der Waals surface area contributed by atoms with E-state index in [1.54, 1.807) is 23.7 Å². The number of nitrogens with one attached hydrogen (secondary N) is 1. The lowest BCUT2D eigenvalue weighted by Gasteiger charge is -2.24. The van der Waals surface area contributed by atoms with Crippen molar-refractivity contribution < 1.29 is 13.2 Å². The van der Waals surface area contributed by atoms with Gasteiger partial charge in [-0.3, -0.25) is 4.79 Å². The van der Waals surface area contributed by atoms with Crippen LogP contribution in [0.2, 0.25) is 0 Å². The molecule has 2 aromatic rings. The number of benzene rings is 1. The lowest BCUT2D eigenvalue weighted by atomic mass is 10.1. The van der Waals surface area contributed by atoms with Crippen LogP contribution < -0.4 is 5.32 Å². The molecule has 1 aromatic heterocycles. The van der Waals surface area contributed by atoms with E-state index >= 15 is 0 Å². The Morgan fingerprint density at radius 3 is 3.04 bits per heavy atom. The average molecular weight is 365 g/mol. The van der Waals surface area contributed by atoms with Crippen LogP contribution in [0.25, 0.3) is 10.2 Å². The highest BCUT2D eigenvalue weighted by Gasteiger charge is 2.29. The molecule has 1 atom stereocenters. The topological polar surface area (TPSA) is 79.4 Å². The lowest BCUT2D eigenvalue weighted by molar-refractivity contribution is -0.117. The molecule has 3 rings (SSSR count). The molecule has 1 unspecified atom stereocenters. The van der Waals surface area contributed by atoms with Crippen molar-refractivity contribution in [1.29, 1.82) is 0 Å². The van der Waals surface area contributed by atoms with E-state index < -0.39 is 10.0 Å². The van der Waals surface area contributed by atoms with Gasteiger partial charge in [0, 0.05) is 19.1 Å². The van der Waals surface area contributed by atoms with E-state index in [1.807, 2.05) is 0 Å². The van der Waals surface area contributed by atoms with Crippen LogP contribution in [0.1, 0.15) is 19.3 Å². The molecule has 0 saturated carbocycles. The van der Waals surface area contributed by atoms with Gasteiger partial charge in [0.15, 0.2) is 0 Å². The lowest BCUT2D eigenvalue weighted by Crippen LogP contribution is -2.44. The van der Waals surface area contributed by atoms with E-state index in [1.165, 1.54) is 21.7 Å². The predicted molar refractivity (Wildman–Crippen MR) is 94.4 cm³/mol. The van der Waals surface area contributed by atoms with Gasteiger partial charge in [-0.05, 0) is 37.1 Å². The maximum absolute atomic E-state index is 13.0. The van der Waals surface area contributed by atoms with Crippen molar-refractivity contribution in [2.45, 2.75) is 30.2 Å². The summed E-state index contributed by atoms with van der Waals surface area (Å²) in [5.41, 5.74) is 2.50. The van der Waals surface area contributed by atoms with Crippen LogP contribution in [-0.4, -0.2) is 42.7 Å². The molecule has 1 fully saturated rings. The summed E-state index contributed by atoms with van der Waals surface area (Å²) in [6.07, 6.45) is 3.63. The van der Waals surface area contributed by atoms with Crippen molar-refractivity contribution in [2.75, 3.05) is 13.1 Å². The maximum Gasteiger partial charge on any atom is 0.243 e. The van der Waals surface area contributed by atoms with Gasteiger partial charge in [-0.2, -0.15) is 4.31 Å². The van der Waals surface area contributed by atoms with E-state index in [2.05, 4.69) is 16.9 Å². The van der Waals surface area contributed by atoms with Gasteiger partial charge in [-0.1, -0.05) is 13.0 Å². The van der Waals surface area contributed by atoms with Crippen LogP contribution >= 0.6 is 11.3 Å². The molecule has 1 aromatic carbocycles. The molecule has 0 spiro atoms. The molecule has 2 heterocycles. The molecule has 1 N–H and O–H groups in total. The largest absolute Gasteiger partial charge is 0.349 e. The second-order valence-electron chi connectivity index (χ2n) is 5.75. The monoisotopic (exact) mass is 365 g/mol. The van der Waals surface area contributed by atoms with Crippen molar-refractivity contribution in [3.05, 3.63) is 36.4 Å². The summed E-state index contributed by atoms with van der Waals surface area (Å²) in [6.45, 7) is 4.18. The fourth-order valence-electron chi connectivity index (χ4n) is 2.85. The van der Waals surface area contributed by atoms with Gasteiger partial charge < -0.3 is 5.32 Å². The number of nitrogens with zero attached hydrogens (tertiary/aromatic N) is 2. The van der Waals surface area contributed by atoms with E-state index in [0.717, 1.165) is 29.5 Å². The Balaban J connectivity index is 1.86. The minimum atomic E-state index is -3.60. The van der Waals surface area contributed by atoms with Crippen molar-refractivity contribution >= 4 is 37.5 Å². The predicted octanol–water partition coefficient (Wildman–Crippen LogP) is 2.14. The van der Waals surface area contributed by atoms with Gasteiger partial charge in [0.2, 0.25) is 15.9 Å². The molecule has 1 aliphatic rings. The molecule has 24 heavy (non-hydrogen) atoms. The summed E-state index contributed by atoms with van der Waals surface area (Å²) < 4.78 is 28.3. The molecular weight excluding hydrogens is 346 g/mol. The van der Waals surface area contributed by atoms with Gasteiger partial charge in [-0.15, -0.1) is 11.3 Å². The number of hydrogen-bond donors (Lipinski definition) is 1. The first-order valence-corrected chi connectivity index (χ1v) is 10.1. The van der Waals surface area contributed by atoms with Gasteiger partial charge in [0.1, 0.15) is 0 Å². The second kappa shape index (κ2) is 7.00. The van der Waals surface area contributed by atoms with E-state index in [-0.39, 0.29) is 23.4 Å². The zero-order chi connectivity index (χ0) is 17.2. The van der Waals surface area contributed by atoms with Crippen molar-refractivity contribution in [2.24, 2.45) is 0 Å². The van der Waals surface area contributed by atoms with Gasteiger partial charge in [-0.25, -0.2) is 13.4 Å². The van der Waals surface area contributed by atoms with Gasteiger partial charge in [0.25, 0.3) is 0 Å². The highest BCUT2D eigenvalue weighted by Crippen LogP contribution is 2.25. The van der Waals surface area contributed by atoms with E-state index in [0.29, 0.717) is 6.54 Å².